The van der Waals surface area contributed by atoms with Crippen LogP contribution in [0.4, 0.5) is 4.39 Å². The number of nitrogens with zero attached hydrogens (tertiary/aromatic N) is 2. The molecule has 0 radical (unpaired) electrons. The lowest BCUT2D eigenvalue weighted by molar-refractivity contribution is 0.201. The van der Waals surface area contributed by atoms with Crippen LogP contribution in [0.1, 0.15) is 30.8 Å². The lowest BCUT2D eigenvalue weighted by atomic mass is 9.76. The van der Waals surface area contributed by atoms with Gasteiger partial charge in [-0.1, -0.05) is 25.1 Å². The van der Waals surface area contributed by atoms with Gasteiger partial charge >= 0.3 is 0 Å². The quantitative estimate of drug-likeness (QED) is 0.590. The van der Waals surface area contributed by atoms with Gasteiger partial charge < -0.3 is 10.1 Å². The van der Waals surface area contributed by atoms with Crippen molar-refractivity contribution in [1.82, 2.24) is 20.3 Å². The molecule has 1 aromatic carbocycles. The van der Waals surface area contributed by atoms with Crippen LogP contribution in [0.15, 0.2) is 59.6 Å². The minimum absolute atomic E-state index is 0.0566. The molecule has 4 rings (SSSR count). The van der Waals surface area contributed by atoms with Gasteiger partial charge in [0.15, 0.2) is 5.82 Å². The Morgan fingerprint density at radius 1 is 1.32 bits per heavy atom. The lowest BCUT2D eigenvalue weighted by Gasteiger charge is -2.39. The van der Waals surface area contributed by atoms with Gasteiger partial charge in [0.1, 0.15) is 17.0 Å². The van der Waals surface area contributed by atoms with E-state index in [0.717, 1.165) is 22.1 Å². The Morgan fingerprint density at radius 3 is 2.87 bits per heavy atom. The zero-order valence-corrected chi connectivity index (χ0v) is 17.7. The summed E-state index contributed by atoms with van der Waals surface area (Å²) in [5, 5.41) is 14.0. The van der Waals surface area contributed by atoms with Crippen LogP contribution >= 0.6 is 0 Å². The number of nitrogens with one attached hydrogen (secondary N) is 2. The highest BCUT2D eigenvalue weighted by Crippen LogP contribution is 2.39. The van der Waals surface area contributed by atoms with Crippen molar-refractivity contribution in [2.45, 2.75) is 32.4 Å². The highest BCUT2D eigenvalue weighted by molar-refractivity contribution is 5.79. The summed E-state index contributed by atoms with van der Waals surface area (Å²) in [4.78, 5) is 23.9. The molecule has 2 unspecified atom stereocenters. The van der Waals surface area contributed by atoms with E-state index < -0.39 is 5.54 Å². The number of aromatic amines is 1. The van der Waals surface area contributed by atoms with E-state index in [0.29, 0.717) is 11.5 Å². The molecule has 0 amide bonds. The van der Waals surface area contributed by atoms with Crippen molar-refractivity contribution in [3.63, 3.8) is 0 Å². The molecule has 0 saturated carbocycles. The molecule has 2 heterocycles. The maximum absolute atomic E-state index is 13.7. The molecule has 1 aliphatic rings. The summed E-state index contributed by atoms with van der Waals surface area (Å²) in [5.41, 5.74) is 1.99. The third-order valence-corrected chi connectivity index (χ3v) is 5.77. The second-order valence-electron chi connectivity index (χ2n) is 8.12. The Kier molecular flexibility index (Phi) is 5.56. The fraction of sp³-hybridized carbons (Fsp3) is 0.292. The predicted octanol–water partition coefficient (Wildman–Crippen LogP) is 3.22. The van der Waals surface area contributed by atoms with Gasteiger partial charge in [0.05, 0.1) is 6.61 Å². The largest absolute Gasteiger partial charge is 0.395 e. The van der Waals surface area contributed by atoms with E-state index in [4.69, 9.17) is 0 Å². The summed E-state index contributed by atoms with van der Waals surface area (Å²) in [7, 11) is 0. The molecule has 3 N–H and O–H groups in total. The zero-order chi connectivity index (χ0) is 22.2. The van der Waals surface area contributed by atoms with Gasteiger partial charge in [-0.25, -0.2) is 14.4 Å². The average Bonchev–Trinajstić information content (AvgIpc) is 2.75. The van der Waals surface area contributed by atoms with Crippen molar-refractivity contribution in [2.75, 3.05) is 6.61 Å². The van der Waals surface area contributed by atoms with Crippen LogP contribution in [-0.4, -0.2) is 32.7 Å². The van der Waals surface area contributed by atoms with Gasteiger partial charge in [-0.15, -0.1) is 0 Å². The number of hydrogen-bond donors (Lipinski definition) is 3. The third-order valence-electron chi connectivity index (χ3n) is 5.77. The fourth-order valence-corrected chi connectivity index (χ4v) is 4.04. The Bertz CT molecular complexity index is 1250. The Morgan fingerprint density at radius 2 is 2.13 bits per heavy atom. The third kappa shape index (κ3) is 3.94. The van der Waals surface area contributed by atoms with Crippen LogP contribution in [0.5, 0.6) is 0 Å². The minimum atomic E-state index is -0.839. The SMILES string of the molecule is Cc1cc(F)ccc1C1=CC(N[C@H](C)CO)(c2ncc3ccc(=O)[nH]c3n2)C(C)C=C1. The summed E-state index contributed by atoms with van der Waals surface area (Å²) < 4.78 is 13.7. The van der Waals surface area contributed by atoms with E-state index >= 15 is 0 Å². The first-order chi connectivity index (χ1) is 14.8. The van der Waals surface area contributed by atoms with E-state index in [1.54, 1.807) is 18.3 Å². The first-order valence-electron chi connectivity index (χ1n) is 10.2. The van der Waals surface area contributed by atoms with Gasteiger partial charge in [0.2, 0.25) is 5.56 Å². The molecular formula is C24H25FN4O2. The number of aliphatic hydroxyl groups is 1. The number of rotatable bonds is 5. The number of benzene rings is 1. The highest BCUT2D eigenvalue weighted by Gasteiger charge is 2.41. The van der Waals surface area contributed by atoms with Gasteiger partial charge in [-0.2, -0.15) is 0 Å². The number of H-pyrrole nitrogens is 1. The molecule has 1 aliphatic carbocycles. The molecule has 6 nitrogen and oxygen atoms in total. The molecule has 3 aromatic rings. The van der Waals surface area contributed by atoms with E-state index in [-0.39, 0.29) is 29.9 Å². The minimum Gasteiger partial charge on any atom is -0.395 e. The number of aromatic nitrogens is 3. The summed E-state index contributed by atoms with van der Waals surface area (Å²) in [5.74, 6) is 0.144. The lowest BCUT2D eigenvalue weighted by Crippen LogP contribution is -2.52. The highest BCUT2D eigenvalue weighted by atomic mass is 19.1. The van der Waals surface area contributed by atoms with Gasteiger partial charge in [-0.3, -0.25) is 10.1 Å². The number of halogens is 1. The monoisotopic (exact) mass is 420 g/mol. The predicted molar refractivity (Wildman–Crippen MR) is 119 cm³/mol. The Labute approximate surface area is 179 Å². The number of pyridine rings is 1. The molecule has 2 aromatic heterocycles. The van der Waals surface area contributed by atoms with Crippen LogP contribution in [0.25, 0.3) is 16.6 Å². The van der Waals surface area contributed by atoms with Crippen LogP contribution in [0.2, 0.25) is 0 Å². The van der Waals surface area contributed by atoms with Crippen molar-refractivity contribution < 1.29 is 9.50 Å². The molecule has 0 aliphatic heterocycles. The summed E-state index contributed by atoms with van der Waals surface area (Å²) in [6.45, 7) is 5.72. The van der Waals surface area contributed by atoms with Crippen LogP contribution in [0.3, 0.4) is 0 Å². The second-order valence-corrected chi connectivity index (χ2v) is 8.12. The van der Waals surface area contributed by atoms with E-state index in [9.17, 15) is 14.3 Å². The summed E-state index contributed by atoms with van der Waals surface area (Å²) in [6, 6.07) is 7.59. The zero-order valence-electron chi connectivity index (χ0n) is 17.7. The number of allylic oxidation sites excluding steroid dienone is 2. The van der Waals surface area contributed by atoms with Crippen molar-refractivity contribution >= 4 is 16.6 Å². The van der Waals surface area contributed by atoms with Gasteiger partial charge in [0, 0.05) is 29.6 Å². The van der Waals surface area contributed by atoms with Crippen LogP contribution < -0.4 is 10.9 Å². The maximum Gasteiger partial charge on any atom is 0.249 e. The van der Waals surface area contributed by atoms with Crippen molar-refractivity contribution in [2.24, 2.45) is 5.92 Å². The standard InChI is InChI=1S/C24H25FN4O2/c1-14-10-19(25)7-8-20(14)17-5-4-15(2)24(11-17,29-16(3)13-30)23-26-12-18-6-9-21(31)27-22(18)28-23/h4-12,15-16,29-30H,13H2,1-3H3,(H,26,27,28,31)/t15?,16-,24?/m1/s1. The molecule has 0 bridgehead atoms. The number of aryl methyl sites for hydroxylation is 1. The second kappa shape index (κ2) is 8.17. The van der Waals surface area contributed by atoms with Gasteiger partial charge in [0.25, 0.3) is 0 Å². The Balaban J connectivity index is 1.93. The summed E-state index contributed by atoms with van der Waals surface area (Å²) >= 11 is 0. The molecule has 31 heavy (non-hydrogen) atoms. The van der Waals surface area contributed by atoms with Crippen molar-refractivity contribution in [3.8, 4) is 0 Å². The molecule has 7 heteroatoms. The molecule has 0 fully saturated rings. The molecule has 160 valence electrons. The number of fused-ring (bicyclic) bond motifs is 1. The van der Waals surface area contributed by atoms with E-state index in [2.05, 4.69) is 26.3 Å². The first kappa shape index (κ1) is 21.1. The molecule has 0 saturated heterocycles. The smallest absolute Gasteiger partial charge is 0.249 e. The molecule has 0 spiro atoms. The first-order valence-corrected chi connectivity index (χ1v) is 10.2. The molecule has 3 atom stereocenters. The van der Waals surface area contributed by atoms with Crippen molar-refractivity contribution in [3.05, 3.63) is 87.9 Å². The number of hydrogen-bond acceptors (Lipinski definition) is 5. The summed E-state index contributed by atoms with van der Waals surface area (Å²) in [6.07, 6.45) is 7.78. The maximum atomic E-state index is 13.7. The number of aliphatic hydroxyl groups excluding tert-OH is 1. The van der Waals surface area contributed by atoms with E-state index in [1.165, 1.54) is 18.2 Å². The van der Waals surface area contributed by atoms with Crippen LogP contribution in [-0.2, 0) is 5.54 Å². The Hall–Kier alpha value is -3.16. The fourth-order valence-electron chi connectivity index (χ4n) is 4.04. The van der Waals surface area contributed by atoms with E-state index in [1.807, 2.05) is 32.9 Å². The topological polar surface area (TPSA) is 90.9 Å². The molecular weight excluding hydrogens is 395 g/mol. The van der Waals surface area contributed by atoms with Crippen LogP contribution in [0, 0.1) is 18.7 Å². The van der Waals surface area contributed by atoms with Gasteiger partial charge in [-0.05, 0) is 54.8 Å². The van der Waals surface area contributed by atoms with Crippen molar-refractivity contribution in [1.29, 1.82) is 0 Å². The average molecular weight is 420 g/mol. The normalized spacial score (nSPS) is 21.8.